The summed E-state index contributed by atoms with van der Waals surface area (Å²) in [6.45, 7) is 10.8. The van der Waals surface area contributed by atoms with E-state index in [0.29, 0.717) is 51.7 Å². The minimum atomic E-state index is -1.08. The van der Waals surface area contributed by atoms with E-state index in [4.69, 9.17) is 14.6 Å². The third-order valence-corrected chi connectivity index (χ3v) is 8.70. The van der Waals surface area contributed by atoms with Crippen LogP contribution in [0.15, 0.2) is 55.6 Å². The highest BCUT2D eigenvalue weighted by Crippen LogP contribution is 2.64. The number of hydrogen-bond donors (Lipinski definition) is 1. The molecule has 2 unspecified atom stereocenters. The van der Waals surface area contributed by atoms with Crippen LogP contribution in [-0.4, -0.2) is 76.2 Å². The maximum absolute atomic E-state index is 14.4. The van der Waals surface area contributed by atoms with Crippen LogP contribution in [0, 0.1) is 11.8 Å². The first kappa shape index (κ1) is 29.0. The van der Waals surface area contributed by atoms with Gasteiger partial charge in [-0.05, 0) is 37.7 Å². The summed E-state index contributed by atoms with van der Waals surface area (Å²) in [6, 6.07) is 8.91. The van der Waals surface area contributed by atoms with Gasteiger partial charge >= 0.3 is 5.97 Å². The van der Waals surface area contributed by atoms with Crippen molar-refractivity contribution in [2.45, 2.75) is 75.7 Å². The first-order valence-corrected chi connectivity index (χ1v) is 14.2. The third-order valence-electron chi connectivity index (χ3n) is 8.70. The summed E-state index contributed by atoms with van der Waals surface area (Å²) in [6.07, 6.45) is 7.95. The second-order valence-corrected chi connectivity index (χ2v) is 10.9. The minimum Gasteiger partial charge on any atom is -0.461 e. The Hall–Kier alpha value is -2.97. The predicted molar refractivity (Wildman–Crippen MR) is 147 cm³/mol. The Balaban J connectivity index is 1.70. The number of aliphatic hydroxyl groups is 1. The molecule has 0 aromatic heterocycles. The minimum absolute atomic E-state index is 0.0597. The van der Waals surface area contributed by atoms with Gasteiger partial charge in [0.05, 0.1) is 11.5 Å². The van der Waals surface area contributed by atoms with Gasteiger partial charge in [-0.2, -0.15) is 0 Å². The summed E-state index contributed by atoms with van der Waals surface area (Å²) in [5.74, 6) is -2.38. The first-order chi connectivity index (χ1) is 18.9. The molecule has 3 saturated heterocycles. The van der Waals surface area contributed by atoms with Gasteiger partial charge in [0.1, 0.15) is 24.2 Å². The molecule has 39 heavy (non-hydrogen) atoms. The highest BCUT2D eigenvalue weighted by atomic mass is 16.6. The fraction of sp³-hybridized carbons (Fsp3) is 0.581. The van der Waals surface area contributed by atoms with Gasteiger partial charge in [0.25, 0.3) is 0 Å². The zero-order valence-corrected chi connectivity index (χ0v) is 23.1. The molecule has 5 atom stereocenters. The van der Waals surface area contributed by atoms with Crippen molar-refractivity contribution >= 4 is 17.8 Å². The predicted octanol–water partition coefficient (Wildman–Crippen LogP) is 3.64. The maximum Gasteiger partial charge on any atom is 0.313 e. The Morgan fingerprint density at radius 2 is 1.90 bits per heavy atom. The van der Waals surface area contributed by atoms with Crippen LogP contribution in [0.2, 0.25) is 0 Å². The van der Waals surface area contributed by atoms with Crippen LogP contribution < -0.4 is 0 Å². The van der Waals surface area contributed by atoms with E-state index in [-0.39, 0.29) is 25.0 Å². The number of amides is 2. The molecule has 1 N–H and O–H groups in total. The molecule has 4 rings (SSSR count). The number of aliphatic hydroxyl groups excluding tert-OH is 1. The number of unbranched alkanes of at least 4 members (excludes halogenated alkanes) is 3. The van der Waals surface area contributed by atoms with Crippen molar-refractivity contribution in [2.75, 3.05) is 26.3 Å². The van der Waals surface area contributed by atoms with Crippen molar-refractivity contribution in [1.82, 2.24) is 9.80 Å². The number of hydrogen-bond acceptors (Lipinski definition) is 6. The third kappa shape index (κ3) is 5.29. The second kappa shape index (κ2) is 12.5. The van der Waals surface area contributed by atoms with Gasteiger partial charge in [-0.15, -0.1) is 6.58 Å². The summed E-state index contributed by atoms with van der Waals surface area (Å²) in [5, 5.41) is 9.15. The van der Waals surface area contributed by atoms with Crippen LogP contribution in [0.1, 0.15) is 57.4 Å². The summed E-state index contributed by atoms with van der Waals surface area (Å²) in [4.78, 5) is 45.4. The topological polar surface area (TPSA) is 96.4 Å². The van der Waals surface area contributed by atoms with Crippen LogP contribution in [-0.2, 0) is 30.4 Å². The van der Waals surface area contributed by atoms with E-state index < -0.39 is 35.0 Å². The van der Waals surface area contributed by atoms with Crippen LogP contribution in [0.25, 0.3) is 0 Å². The molecule has 0 saturated carbocycles. The van der Waals surface area contributed by atoms with Gasteiger partial charge in [0, 0.05) is 26.2 Å². The summed E-state index contributed by atoms with van der Waals surface area (Å²) >= 11 is 0. The van der Waals surface area contributed by atoms with E-state index in [2.05, 4.69) is 13.2 Å². The molecule has 0 aliphatic carbocycles. The molecule has 2 amide bonds. The maximum atomic E-state index is 14.4. The van der Waals surface area contributed by atoms with Crippen LogP contribution >= 0.6 is 0 Å². The highest BCUT2D eigenvalue weighted by molar-refractivity contribution is 5.98. The van der Waals surface area contributed by atoms with Crippen LogP contribution in [0.3, 0.4) is 0 Å². The number of rotatable bonds is 15. The lowest BCUT2D eigenvalue weighted by Crippen LogP contribution is -2.56. The zero-order chi connectivity index (χ0) is 28.0. The van der Waals surface area contributed by atoms with E-state index in [1.54, 1.807) is 15.9 Å². The van der Waals surface area contributed by atoms with Gasteiger partial charge in [-0.25, -0.2) is 0 Å². The van der Waals surface area contributed by atoms with Gasteiger partial charge in [0.15, 0.2) is 0 Å². The van der Waals surface area contributed by atoms with E-state index >= 15 is 0 Å². The number of carbonyl (C=O) groups is 3. The molecule has 1 aromatic carbocycles. The molecule has 2 bridgehead atoms. The Bertz CT molecular complexity index is 1060. The Morgan fingerprint density at radius 1 is 1.15 bits per heavy atom. The second-order valence-electron chi connectivity index (χ2n) is 10.9. The number of fused-ring (bicyclic) bond motifs is 1. The highest BCUT2D eigenvalue weighted by Gasteiger charge is 2.79. The zero-order valence-electron chi connectivity index (χ0n) is 23.1. The monoisotopic (exact) mass is 538 g/mol. The summed E-state index contributed by atoms with van der Waals surface area (Å²) in [7, 11) is 0. The van der Waals surface area contributed by atoms with Crippen LogP contribution in [0.5, 0.6) is 0 Å². The molecule has 1 aromatic rings. The van der Waals surface area contributed by atoms with Gasteiger partial charge in [-0.1, -0.05) is 68.8 Å². The summed E-state index contributed by atoms with van der Waals surface area (Å²) < 4.78 is 12.3. The van der Waals surface area contributed by atoms with Crippen molar-refractivity contribution in [3.63, 3.8) is 0 Å². The molecule has 3 heterocycles. The molecule has 1 spiro atoms. The Labute approximate surface area is 231 Å². The van der Waals surface area contributed by atoms with Crippen molar-refractivity contribution in [3.8, 4) is 0 Å². The van der Waals surface area contributed by atoms with Gasteiger partial charge in [0.2, 0.25) is 11.8 Å². The largest absolute Gasteiger partial charge is 0.461 e. The fourth-order valence-electron chi connectivity index (χ4n) is 6.94. The number of nitrogens with zero attached hydrogens (tertiary/aromatic N) is 2. The summed E-state index contributed by atoms with van der Waals surface area (Å²) in [5.41, 5.74) is -0.926. The number of ether oxygens (including phenoxy) is 2. The smallest absolute Gasteiger partial charge is 0.313 e. The van der Waals surface area contributed by atoms with E-state index in [1.807, 2.05) is 37.3 Å². The van der Waals surface area contributed by atoms with E-state index in [1.165, 1.54) is 6.08 Å². The van der Waals surface area contributed by atoms with Gasteiger partial charge in [-0.3, -0.25) is 14.4 Å². The normalized spacial score (nSPS) is 28.8. The first-order valence-electron chi connectivity index (χ1n) is 14.2. The van der Waals surface area contributed by atoms with E-state index in [9.17, 15) is 14.4 Å². The molecule has 8 heteroatoms. The lowest BCUT2D eigenvalue weighted by atomic mass is 9.65. The van der Waals surface area contributed by atoms with Crippen LogP contribution in [0.4, 0.5) is 0 Å². The molecule has 212 valence electrons. The number of esters is 1. The fourth-order valence-corrected chi connectivity index (χ4v) is 6.94. The lowest BCUT2D eigenvalue weighted by Gasteiger charge is -2.37. The SMILES string of the molecule is C=CCOC(=O)[C@@H]1[C@H]2C(=O)N(CCCCCCO)C(C(=O)N(CC=C)Cc3ccccc3)C23CC[C@@]1(CC)O3. The molecular weight excluding hydrogens is 496 g/mol. The van der Waals surface area contributed by atoms with E-state index in [0.717, 1.165) is 18.4 Å². The Kier molecular flexibility index (Phi) is 9.28. The Morgan fingerprint density at radius 3 is 2.56 bits per heavy atom. The molecule has 3 aliphatic heterocycles. The van der Waals surface area contributed by atoms with Crippen molar-refractivity contribution in [3.05, 3.63) is 61.2 Å². The molecule has 3 fully saturated rings. The van der Waals surface area contributed by atoms with Crippen molar-refractivity contribution in [2.24, 2.45) is 11.8 Å². The molecule has 3 aliphatic rings. The van der Waals surface area contributed by atoms with Crippen molar-refractivity contribution in [1.29, 1.82) is 0 Å². The quantitative estimate of drug-likeness (QED) is 0.208. The van der Waals surface area contributed by atoms with Gasteiger partial charge < -0.3 is 24.4 Å². The molecule has 8 nitrogen and oxygen atoms in total. The molecule has 0 radical (unpaired) electrons. The number of benzene rings is 1. The number of carbonyl (C=O) groups excluding carboxylic acids is 3. The number of likely N-dealkylation sites (tertiary alicyclic amines) is 1. The van der Waals surface area contributed by atoms with Crippen molar-refractivity contribution < 1.29 is 29.0 Å². The molecular formula is C31H42N2O6. The average molecular weight is 539 g/mol. The lowest BCUT2D eigenvalue weighted by molar-refractivity contribution is -0.161. The average Bonchev–Trinajstić information content (AvgIpc) is 3.55. The standard InChI is InChI=1S/C31H42N2O6/c1-4-18-32(22-23-14-10-9-11-15-23)28(36)26-31-17-16-30(6-3,39-31)25(29(37)38-21-5-2)24(31)27(35)33(26)19-12-7-8-13-20-34/h4-5,9-11,14-15,24-26,34H,1-2,6-8,12-13,16-22H2,3H3/t24-,25-,26?,30+,31?/m0/s1.